The Balaban J connectivity index is 1.96. The SMILES string of the molecule is COc1cncc(NC2(C)c3ccccc3CC2O)n1. The van der Waals surface area contributed by atoms with E-state index in [9.17, 15) is 5.11 Å². The molecule has 2 aromatic rings. The Morgan fingerprint density at radius 3 is 2.95 bits per heavy atom. The van der Waals surface area contributed by atoms with Crippen molar-refractivity contribution in [1.82, 2.24) is 9.97 Å². The highest BCUT2D eigenvalue weighted by Crippen LogP contribution is 2.39. The van der Waals surface area contributed by atoms with Crippen LogP contribution in [0.15, 0.2) is 36.7 Å². The summed E-state index contributed by atoms with van der Waals surface area (Å²) in [4.78, 5) is 8.38. The van der Waals surface area contributed by atoms with Crippen LogP contribution in [0.5, 0.6) is 5.88 Å². The molecular formula is C15H17N3O2. The summed E-state index contributed by atoms with van der Waals surface area (Å²) in [6, 6.07) is 8.05. The van der Waals surface area contributed by atoms with E-state index >= 15 is 0 Å². The molecule has 2 N–H and O–H groups in total. The zero-order valence-corrected chi connectivity index (χ0v) is 11.5. The highest BCUT2D eigenvalue weighted by atomic mass is 16.5. The van der Waals surface area contributed by atoms with Gasteiger partial charge in [0.25, 0.3) is 0 Å². The van der Waals surface area contributed by atoms with Crippen LogP contribution >= 0.6 is 0 Å². The molecule has 2 unspecified atom stereocenters. The van der Waals surface area contributed by atoms with Gasteiger partial charge >= 0.3 is 0 Å². The van der Waals surface area contributed by atoms with Gasteiger partial charge in [-0.1, -0.05) is 24.3 Å². The monoisotopic (exact) mass is 271 g/mol. The Hall–Kier alpha value is -2.14. The van der Waals surface area contributed by atoms with Crippen molar-refractivity contribution < 1.29 is 9.84 Å². The number of anilines is 1. The highest BCUT2D eigenvalue weighted by Gasteiger charge is 2.42. The largest absolute Gasteiger partial charge is 0.480 e. The third kappa shape index (κ3) is 2.00. The quantitative estimate of drug-likeness (QED) is 0.890. The lowest BCUT2D eigenvalue weighted by molar-refractivity contribution is 0.120. The average molecular weight is 271 g/mol. The molecule has 0 saturated heterocycles. The number of hydrogen-bond donors (Lipinski definition) is 2. The van der Waals surface area contributed by atoms with Crippen molar-refractivity contribution in [3.05, 3.63) is 47.8 Å². The van der Waals surface area contributed by atoms with E-state index in [-0.39, 0.29) is 0 Å². The van der Waals surface area contributed by atoms with Crippen molar-refractivity contribution in [2.45, 2.75) is 25.0 Å². The number of aromatic nitrogens is 2. The van der Waals surface area contributed by atoms with Crippen LogP contribution in [0.1, 0.15) is 18.1 Å². The van der Waals surface area contributed by atoms with E-state index in [1.165, 1.54) is 0 Å². The van der Waals surface area contributed by atoms with Gasteiger partial charge < -0.3 is 15.2 Å². The van der Waals surface area contributed by atoms with Gasteiger partial charge in [-0.05, 0) is 18.1 Å². The molecule has 3 rings (SSSR count). The van der Waals surface area contributed by atoms with Crippen LogP contribution < -0.4 is 10.1 Å². The third-order valence-electron chi connectivity index (χ3n) is 3.87. The zero-order chi connectivity index (χ0) is 14.2. The number of ether oxygens (including phenoxy) is 1. The molecule has 104 valence electrons. The number of aliphatic hydroxyl groups excluding tert-OH is 1. The average Bonchev–Trinajstić information content (AvgIpc) is 2.71. The molecule has 20 heavy (non-hydrogen) atoms. The van der Waals surface area contributed by atoms with Gasteiger partial charge in [-0.25, -0.2) is 0 Å². The van der Waals surface area contributed by atoms with Gasteiger partial charge in [-0.15, -0.1) is 0 Å². The third-order valence-corrected chi connectivity index (χ3v) is 3.87. The number of rotatable bonds is 3. The summed E-state index contributed by atoms with van der Waals surface area (Å²) in [7, 11) is 1.55. The molecular weight excluding hydrogens is 254 g/mol. The molecule has 0 bridgehead atoms. The number of methoxy groups -OCH3 is 1. The van der Waals surface area contributed by atoms with Crippen molar-refractivity contribution in [3.8, 4) is 5.88 Å². The van der Waals surface area contributed by atoms with E-state index in [1.54, 1.807) is 19.5 Å². The molecule has 0 fully saturated rings. The van der Waals surface area contributed by atoms with Gasteiger partial charge in [0.1, 0.15) is 5.82 Å². The van der Waals surface area contributed by atoms with E-state index in [0.717, 1.165) is 11.1 Å². The second-order valence-electron chi connectivity index (χ2n) is 5.15. The molecule has 0 radical (unpaired) electrons. The van der Waals surface area contributed by atoms with Gasteiger partial charge in [0.15, 0.2) is 0 Å². The number of hydrogen-bond acceptors (Lipinski definition) is 5. The van der Waals surface area contributed by atoms with Crippen LogP contribution in [0.3, 0.4) is 0 Å². The van der Waals surface area contributed by atoms with Crippen LogP contribution in [-0.4, -0.2) is 28.3 Å². The molecule has 0 aliphatic heterocycles. The summed E-state index contributed by atoms with van der Waals surface area (Å²) in [6.07, 6.45) is 3.30. The van der Waals surface area contributed by atoms with Crippen molar-refractivity contribution >= 4 is 5.82 Å². The van der Waals surface area contributed by atoms with Crippen LogP contribution in [0.25, 0.3) is 0 Å². The minimum atomic E-state index is -0.572. The molecule has 5 nitrogen and oxygen atoms in total. The van der Waals surface area contributed by atoms with Gasteiger partial charge in [0.05, 0.1) is 31.1 Å². The van der Waals surface area contributed by atoms with E-state index < -0.39 is 11.6 Å². The summed E-state index contributed by atoms with van der Waals surface area (Å²) in [5, 5.41) is 13.7. The van der Waals surface area contributed by atoms with E-state index in [2.05, 4.69) is 15.3 Å². The molecule has 1 aromatic heterocycles. The number of nitrogens with one attached hydrogen (secondary N) is 1. The van der Waals surface area contributed by atoms with Crippen molar-refractivity contribution in [1.29, 1.82) is 0 Å². The molecule has 1 aliphatic carbocycles. The van der Waals surface area contributed by atoms with Crippen LogP contribution in [0, 0.1) is 0 Å². The first-order valence-electron chi connectivity index (χ1n) is 6.54. The van der Waals surface area contributed by atoms with Crippen molar-refractivity contribution in [2.24, 2.45) is 0 Å². The molecule has 2 atom stereocenters. The van der Waals surface area contributed by atoms with Crippen LogP contribution in [-0.2, 0) is 12.0 Å². The fraction of sp³-hybridized carbons (Fsp3) is 0.333. The molecule has 5 heteroatoms. The topological polar surface area (TPSA) is 67.3 Å². The second-order valence-corrected chi connectivity index (χ2v) is 5.15. The van der Waals surface area contributed by atoms with Gasteiger partial charge in [-0.2, -0.15) is 4.98 Å². The number of fused-ring (bicyclic) bond motifs is 1. The lowest BCUT2D eigenvalue weighted by atomic mass is 9.92. The first-order valence-corrected chi connectivity index (χ1v) is 6.54. The minimum absolute atomic E-state index is 0.444. The zero-order valence-electron chi connectivity index (χ0n) is 11.5. The molecule has 0 spiro atoms. The fourth-order valence-electron chi connectivity index (χ4n) is 2.72. The summed E-state index contributed by atoms with van der Waals surface area (Å²) in [6.45, 7) is 1.98. The van der Waals surface area contributed by atoms with E-state index in [0.29, 0.717) is 18.1 Å². The number of benzene rings is 1. The second kappa shape index (κ2) is 4.76. The highest BCUT2D eigenvalue weighted by molar-refractivity contribution is 5.48. The number of aliphatic hydroxyl groups is 1. The molecule has 0 saturated carbocycles. The normalized spacial score (nSPS) is 24.2. The predicted molar refractivity (Wildman–Crippen MR) is 75.7 cm³/mol. The Morgan fingerprint density at radius 2 is 2.15 bits per heavy atom. The first-order chi connectivity index (χ1) is 9.63. The Bertz CT molecular complexity index is 632. The standard InChI is InChI=1S/C15H17N3O2/c1-15(18-13-8-16-9-14(17-13)20-2)11-6-4-3-5-10(11)7-12(15)19/h3-6,8-9,12,19H,7H2,1-2H3,(H,17,18). The Morgan fingerprint density at radius 1 is 1.35 bits per heavy atom. The van der Waals surface area contributed by atoms with Gasteiger partial charge in [0, 0.05) is 6.42 Å². The maximum absolute atomic E-state index is 10.4. The summed E-state index contributed by atoms with van der Waals surface area (Å²) < 4.78 is 5.07. The van der Waals surface area contributed by atoms with Crippen LogP contribution in [0.4, 0.5) is 5.82 Å². The molecule has 1 aromatic carbocycles. The minimum Gasteiger partial charge on any atom is -0.480 e. The smallest absolute Gasteiger partial charge is 0.233 e. The summed E-state index contributed by atoms with van der Waals surface area (Å²) in [5.41, 5.74) is 1.68. The van der Waals surface area contributed by atoms with Crippen molar-refractivity contribution in [2.75, 3.05) is 12.4 Å². The Labute approximate surface area is 117 Å². The van der Waals surface area contributed by atoms with Crippen LogP contribution in [0.2, 0.25) is 0 Å². The fourth-order valence-corrected chi connectivity index (χ4v) is 2.72. The lowest BCUT2D eigenvalue weighted by Crippen LogP contribution is -2.40. The molecule has 0 amide bonds. The molecule has 1 heterocycles. The van der Waals surface area contributed by atoms with E-state index in [1.807, 2.05) is 31.2 Å². The number of nitrogens with zero attached hydrogens (tertiary/aromatic N) is 2. The predicted octanol–water partition coefficient (Wildman–Crippen LogP) is 1.73. The van der Waals surface area contributed by atoms with Gasteiger partial charge in [0.2, 0.25) is 5.88 Å². The Kier molecular flexibility index (Phi) is 3.06. The van der Waals surface area contributed by atoms with Crippen molar-refractivity contribution in [3.63, 3.8) is 0 Å². The summed E-state index contributed by atoms with van der Waals surface area (Å²) in [5.74, 6) is 1.03. The van der Waals surface area contributed by atoms with E-state index in [4.69, 9.17) is 4.74 Å². The summed E-state index contributed by atoms with van der Waals surface area (Å²) >= 11 is 0. The lowest BCUT2D eigenvalue weighted by Gasteiger charge is -2.31. The first kappa shape index (κ1) is 12.9. The maximum Gasteiger partial charge on any atom is 0.233 e. The van der Waals surface area contributed by atoms with Gasteiger partial charge in [-0.3, -0.25) is 4.98 Å². The maximum atomic E-state index is 10.4. The molecule has 1 aliphatic rings.